The minimum Gasteiger partial charge on any atom is -0.370 e. The molecule has 4 N–H and O–H groups in total. The van der Waals surface area contributed by atoms with Crippen molar-refractivity contribution in [3.05, 3.63) is 35.4 Å². The number of carbonyl (C=O) groups is 3. The Kier molecular flexibility index (Phi) is 5.82. The summed E-state index contributed by atoms with van der Waals surface area (Å²) in [5.74, 6) is -1.08. The van der Waals surface area contributed by atoms with Crippen molar-refractivity contribution in [3.8, 4) is 0 Å². The Bertz CT molecular complexity index is 670. The number of hydrogen-bond acceptors (Lipinski definition) is 3. The summed E-state index contributed by atoms with van der Waals surface area (Å²) < 4.78 is 0. The molecule has 0 saturated carbocycles. The highest BCUT2D eigenvalue weighted by atomic mass is 16.2. The van der Waals surface area contributed by atoms with Crippen LogP contribution in [0.2, 0.25) is 0 Å². The minimum absolute atomic E-state index is 0.0483. The molecule has 2 atom stereocenters. The van der Waals surface area contributed by atoms with Crippen LogP contribution in [0.25, 0.3) is 0 Å². The number of rotatable bonds is 6. The summed E-state index contributed by atoms with van der Waals surface area (Å²) in [6.45, 7) is 5.76. The number of benzene rings is 1. The molecule has 1 aliphatic rings. The van der Waals surface area contributed by atoms with Gasteiger partial charge in [-0.3, -0.25) is 14.4 Å². The first-order valence-electron chi connectivity index (χ1n) is 8.66. The molecule has 0 saturated heterocycles. The normalized spacial score (nSPS) is 19.4. The second-order valence-electron chi connectivity index (χ2n) is 7.33. The first-order chi connectivity index (χ1) is 11.7. The van der Waals surface area contributed by atoms with Gasteiger partial charge in [-0.05, 0) is 35.8 Å². The molecular formula is C19H27N3O3. The van der Waals surface area contributed by atoms with Crippen LogP contribution in [-0.4, -0.2) is 23.8 Å². The van der Waals surface area contributed by atoms with E-state index in [1.54, 1.807) is 0 Å². The fourth-order valence-electron chi connectivity index (χ4n) is 3.44. The molecule has 0 fully saturated rings. The Balaban J connectivity index is 2.15. The van der Waals surface area contributed by atoms with Gasteiger partial charge in [0, 0.05) is 13.3 Å². The van der Waals surface area contributed by atoms with Gasteiger partial charge in [-0.15, -0.1) is 0 Å². The average Bonchev–Trinajstić information content (AvgIpc) is 2.54. The first kappa shape index (κ1) is 19.0. The van der Waals surface area contributed by atoms with Gasteiger partial charge in [0.2, 0.25) is 17.7 Å². The molecule has 1 aromatic rings. The van der Waals surface area contributed by atoms with Crippen molar-refractivity contribution in [1.29, 1.82) is 0 Å². The van der Waals surface area contributed by atoms with Crippen molar-refractivity contribution >= 4 is 17.7 Å². The second-order valence-corrected chi connectivity index (χ2v) is 7.33. The molecule has 0 radical (unpaired) electrons. The van der Waals surface area contributed by atoms with E-state index in [1.165, 1.54) is 12.5 Å². The molecule has 136 valence electrons. The Morgan fingerprint density at radius 2 is 1.96 bits per heavy atom. The van der Waals surface area contributed by atoms with E-state index in [1.807, 2.05) is 18.2 Å². The molecule has 0 aromatic heterocycles. The van der Waals surface area contributed by atoms with Crippen LogP contribution >= 0.6 is 0 Å². The number of nitrogens with two attached hydrogens (primary N) is 1. The Labute approximate surface area is 148 Å². The first-order valence-corrected chi connectivity index (χ1v) is 8.66. The topological polar surface area (TPSA) is 101 Å². The largest absolute Gasteiger partial charge is 0.370 e. The van der Waals surface area contributed by atoms with Gasteiger partial charge >= 0.3 is 0 Å². The molecule has 0 bridgehead atoms. The number of primary amides is 1. The molecule has 0 heterocycles. The lowest BCUT2D eigenvalue weighted by molar-refractivity contribution is -0.129. The summed E-state index contributed by atoms with van der Waals surface area (Å²) in [6.07, 6.45) is 2.03. The van der Waals surface area contributed by atoms with Gasteiger partial charge in [-0.2, -0.15) is 0 Å². The zero-order chi connectivity index (χ0) is 18.6. The molecule has 6 nitrogen and oxygen atoms in total. The average molecular weight is 345 g/mol. The van der Waals surface area contributed by atoms with Gasteiger partial charge in [-0.25, -0.2) is 0 Å². The smallest absolute Gasteiger partial charge is 0.243 e. The van der Waals surface area contributed by atoms with Crippen molar-refractivity contribution in [3.63, 3.8) is 0 Å². The Morgan fingerprint density at radius 1 is 1.28 bits per heavy atom. The van der Waals surface area contributed by atoms with Crippen LogP contribution in [0.4, 0.5) is 0 Å². The van der Waals surface area contributed by atoms with E-state index in [0.717, 1.165) is 18.4 Å². The third-order valence-electron chi connectivity index (χ3n) is 4.81. The van der Waals surface area contributed by atoms with E-state index in [-0.39, 0.29) is 36.1 Å². The van der Waals surface area contributed by atoms with E-state index in [4.69, 9.17) is 5.73 Å². The summed E-state index contributed by atoms with van der Waals surface area (Å²) in [4.78, 5) is 35.0. The highest BCUT2D eigenvalue weighted by Crippen LogP contribution is 2.41. The van der Waals surface area contributed by atoms with Crippen molar-refractivity contribution < 1.29 is 14.4 Å². The van der Waals surface area contributed by atoms with Crippen LogP contribution in [-0.2, 0) is 19.8 Å². The maximum absolute atomic E-state index is 12.7. The Morgan fingerprint density at radius 3 is 2.60 bits per heavy atom. The van der Waals surface area contributed by atoms with Gasteiger partial charge in [0.25, 0.3) is 0 Å². The van der Waals surface area contributed by atoms with Crippen LogP contribution in [0, 0.1) is 0 Å². The maximum Gasteiger partial charge on any atom is 0.243 e. The SMILES string of the molecule is CC(=O)N[C@H](CCC(N)=O)C(=O)N[C@H]1CCC(C)(C)c2ccccc21. The number of carbonyl (C=O) groups excluding carboxylic acids is 3. The van der Waals surface area contributed by atoms with E-state index < -0.39 is 11.9 Å². The summed E-state index contributed by atoms with van der Waals surface area (Å²) >= 11 is 0. The van der Waals surface area contributed by atoms with Gasteiger partial charge in [0.1, 0.15) is 6.04 Å². The third kappa shape index (κ3) is 4.81. The number of fused-ring (bicyclic) bond motifs is 1. The molecule has 0 aliphatic heterocycles. The van der Waals surface area contributed by atoms with E-state index in [9.17, 15) is 14.4 Å². The molecule has 1 aromatic carbocycles. The molecule has 0 spiro atoms. The lowest BCUT2D eigenvalue weighted by atomic mass is 9.71. The van der Waals surface area contributed by atoms with Crippen molar-refractivity contribution in [2.24, 2.45) is 5.73 Å². The lowest BCUT2D eigenvalue weighted by Gasteiger charge is -2.37. The number of hydrogen-bond donors (Lipinski definition) is 3. The Hall–Kier alpha value is -2.37. The third-order valence-corrected chi connectivity index (χ3v) is 4.81. The van der Waals surface area contributed by atoms with Gasteiger partial charge in [0.15, 0.2) is 0 Å². The van der Waals surface area contributed by atoms with Gasteiger partial charge in [0.05, 0.1) is 6.04 Å². The summed E-state index contributed by atoms with van der Waals surface area (Å²) in [5.41, 5.74) is 7.59. The molecular weight excluding hydrogens is 318 g/mol. The zero-order valence-electron chi connectivity index (χ0n) is 15.1. The lowest BCUT2D eigenvalue weighted by Crippen LogP contribution is -2.48. The van der Waals surface area contributed by atoms with Crippen LogP contribution in [0.1, 0.15) is 63.6 Å². The fraction of sp³-hybridized carbons (Fsp3) is 0.526. The van der Waals surface area contributed by atoms with Gasteiger partial charge in [-0.1, -0.05) is 38.1 Å². The van der Waals surface area contributed by atoms with E-state index in [0.29, 0.717) is 0 Å². The summed E-state index contributed by atoms with van der Waals surface area (Å²) in [7, 11) is 0. The second kappa shape index (κ2) is 7.68. The van der Waals surface area contributed by atoms with E-state index >= 15 is 0 Å². The van der Waals surface area contributed by atoms with Crippen molar-refractivity contribution in [2.45, 2.75) is 64.0 Å². The monoisotopic (exact) mass is 345 g/mol. The van der Waals surface area contributed by atoms with Crippen LogP contribution < -0.4 is 16.4 Å². The number of amides is 3. The fourth-order valence-corrected chi connectivity index (χ4v) is 3.44. The standard InChI is InChI=1S/C19H27N3O3/c1-12(23)21-16(8-9-17(20)24)18(25)22-15-10-11-19(2,3)14-7-5-4-6-13(14)15/h4-7,15-16H,8-11H2,1-3H3,(H2,20,24)(H,21,23)(H,22,25)/t15-,16+/m0/s1. The van der Waals surface area contributed by atoms with Crippen molar-refractivity contribution in [2.75, 3.05) is 0 Å². The number of nitrogens with one attached hydrogen (secondary N) is 2. The van der Waals surface area contributed by atoms with Crippen LogP contribution in [0.5, 0.6) is 0 Å². The molecule has 1 aliphatic carbocycles. The van der Waals surface area contributed by atoms with Crippen LogP contribution in [0.15, 0.2) is 24.3 Å². The van der Waals surface area contributed by atoms with E-state index in [2.05, 4.69) is 30.5 Å². The molecule has 2 rings (SSSR count). The quantitative estimate of drug-likeness (QED) is 0.731. The molecule has 3 amide bonds. The van der Waals surface area contributed by atoms with Gasteiger partial charge < -0.3 is 16.4 Å². The zero-order valence-corrected chi connectivity index (χ0v) is 15.1. The molecule has 25 heavy (non-hydrogen) atoms. The minimum atomic E-state index is -0.757. The van der Waals surface area contributed by atoms with Crippen LogP contribution in [0.3, 0.4) is 0 Å². The molecule has 0 unspecified atom stereocenters. The molecule has 6 heteroatoms. The highest BCUT2D eigenvalue weighted by Gasteiger charge is 2.34. The summed E-state index contributed by atoms with van der Waals surface area (Å²) in [5, 5.41) is 5.64. The maximum atomic E-state index is 12.7. The highest BCUT2D eigenvalue weighted by molar-refractivity contribution is 5.87. The van der Waals surface area contributed by atoms with Crippen molar-refractivity contribution in [1.82, 2.24) is 10.6 Å². The summed E-state index contributed by atoms with van der Waals surface area (Å²) in [6, 6.07) is 7.27. The predicted octanol–water partition coefficient (Wildman–Crippen LogP) is 1.69. The predicted molar refractivity (Wildman–Crippen MR) is 95.6 cm³/mol.